The molecule has 0 saturated carbocycles. The summed E-state index contributed by atoms with van der Waals surface area (Å²) in [5.41, 5.74) is 0.638. The Morgan fingerprint density at radius 2 is 1.95 bits per heavy atom. The summed E-state index contributed by atoms with van der Waals surface area (Å²) in [4.78, 5) is 26.5. The second kappa shape index (κ2) is 7.89. The fourth-order valence-electron chi connectivity index (χ4n) is 2.24. The van der Waals surface area contributed by atoms with Crippen LogP contribution < -0.4 is 4.74 Å². The number of Topliss-reactive ketones (excluding diaryl/α,β-unsaturated/α-hetero) is 1. The van der Waals surface area contributed by atoms with E-state index in [1.807, 2.05) is 0 Å². The normalized spacial score (nSPS) is 12.1. The first-order valence-electron chi connectivity index (χ1n) is 7.02. The van der Waals surface area contributed by atoms with Gasteiger partial charge in [-0.25, -0.2) is 4.39 Å². The highest BCUT2D eigenvalue weighted by Crippen LogP contribution is 2.27. The van der Waals surface area contributed by atoms with Crippen LogP contribution in [0.3, 0.4) is 0 Å². The Hall–Kier alpha value is -1.95. The lowest BCUT2D eigenvalue weighted by Gasteiger charge is -2.20. The molecule has 0 saturated heterocycles. The predicted octanol–water partition coefficient (Wildman–Crippen LogP) is 2.07. The monoisotopic (exact) mass is 311 g/mol. The summed E-state index contributed by atoms with van der Waals surface area (Å²) in [6, 6.07) is 2.54. The van der Waals surface area contributed by atoms with Gasteiger partial charge >= 0.3 is 5.97 Å². The van der Waals surface area contributed by atoms with Crippen LogP contribution in [0.1, 0.15) is 22.8 Å². The molecule has 0 radical (unpaired) electrons. The van der Waals surface area contributed by atoms with Gasteiger partial charge in [0.1, 0.15) is 5.92 Å². The van der Waals surface area contributed by atoms with Crippen molar-refractivity contribution in [3.05, 3.63) is 29.1 Å². The van der Waals surface area contributed by atoms with E-state index in [-0.39, 0.29) is 24.5 Å². The van der Waals surface area contributed by atoms with Gasteiger partial charge in [0.05, 0.1) is 13.7 Å². The average Bonchev–Trinajstić information content (AvgIpc) is 2.44. The molecule has 0 fully saturated rings. The molecule has 1 unspecified atom stereocenters. The van der Waals surface area contributed by atoms with Crippen LogP contribution in [0.5, 0.6) is 5.75 Å². The Morgan fingerprint density at radius 1 is 1.32 bits per heavy atom. The lowest BCUT2D eigenvalue weighted by atomic mass is 9.93. The molecule has 1 atom stereocenters. The third-order valence-corrected chi connectivity index (χ3v) is 3.26. The molecule has 0 bridgehead atoms. The van der Waals surface area contributed by atoms with Crippen molar-refractivity contribution < 1.29 is 23.5 Å². The van der Waals surface area contributed by atoms with E-state index < -0.39 is 23.5 Å². The fraction of sp³-hybridized carbons (Fsp3) is 0.500. The van der Waals surface area contributed by atoms with Gasteiger partial charge in [0.25, 0.3) is 0 Å². The Labute approximate surface area is 130 Å². The van der Waals surface area contributed by atoms with Crippen molar-refractivity contribution in [2.24, 2.45) is 5.92 Å². The molecule has 1 aromatic rings. The Balaban J connectivity index is 3.21. The fourth-order valence-corrected chi connectivity index (χ4v) is 2.24. The number of halogens is 1. The molecule has 6 heteroatoms. The third-order valence-electron chi connectivity index (χ3n) is 3.26. The quantitative estimate of drug-likeness (QED) is 0.438. The lowest BCUT2D eigenvalue weighted by molar-refractivity contribution is -0.146. The summed E-state index contributed by atoms with van der Waals surface area (Å²) in [6.45, 7) is 3.69. The predicted molar refractivity (Wildman–Crippen MR) is 80.7 cm³/mol. The lowest BCUT2D eigenvalue weighted by Crippen LogP contribution is -2.35. The molecule has 5 nitrogen and oxygen atoms in total. The van der Waals surface area contributed by atoms with E-state index in [4.69, 9.17) is 9.47 Å². The molecule has 0 aliphatic heterocycles. The Kier molecular flexibility index (Phi) is 6.49. The van der Waals surface area contributed by atoms with Gasteiger partial charge in [-0.1, -0.05) is 0 Å². The SMILES string of the molecule is CCOC(=O)C(CN(C)C)C(=O)c1ccc(F)c(OC)c1C. The number of ether oxygens (including phenoxy) is 2. The van der Waals surface area contributed by atoms with E-state index in [1.165, 1.54) is 13.2 Å². The molecule has 0 aliphatic carbocycles. The number of ketones is 1. The number of carbonyl (C=O) groups excluding carboxylic acids is 2. The number of hydrogen-bond donors (Lipinski definition) is 0. The second-order valence-electron chi connectivity index (χ2n) is 5.18. The zero-order valence-electron chi connectivity index (χ0n) is 13.6. The van der Waals surface area contributed by atoms with Gasteiger partial charge in [-0.3, -0.25) is 9.59 Å². The highest BCUT2D eigenvalue weighted by atomic mass is 19.1. The van der Waals surface area contributed by atoms with Gasteiger partial charge in [0, 0.05) is 17.7 Å². The van der Waals surface area contributed by atoms with Gasteiger partial charge < -0.3 is 14.4 Å². The number of methoxy groups -OCH3 is 1. The molecule has 0 heterocycles. The van der Waals surface area contributed by atoms with Crippen molar-refractivity contribution in [2.45, 2.75) is 13.8 Å². The van der Waals surface area contributed by atoms with Gasteiger partial charge in [-0.2, -0.15) is 0 Å². The highest BCUT2D eigenvalue weighted by molar-refractivity contribution is 6.09. The molecule has 0 amide bonds. The van der Waals surface area contributed by atoms with E-state index >= 15 is 0 Å². The molecule has 22 heavy (non-hydrogen) atoms. The maximum Gasteiger partial charge on any atom is 0.318 e. The summed E-state index contributed by atoms with van der Waals surface area (Å²) in [5, 5.41) is 0. The zero-order valence-corrected chi connectivity index (χ0v) is 13.6. The van der Waals surface area contributed by atoms with Gasteiger partial charge in [-0.05, 0) is 40.1 Å². The summed E-state index contributed by atoms with van der Waals surface area (Å²) < 4.78 is 23.6. The van der Waals surface area contributed by atoms with E-state index in [1.54, 1.807) is 32.8 Å². The molecule has 0 aromatic heterocycles. The first kappa shape index (κ1) is 18.1. The molecule has 0 spiro atoms. The van der Waals surface area contributed by atoms with Crippen LogP contribution in [0.4, 0.5) is 4.39 Å². The first-order valence-corrected chi connectivity index (χ1v) is 7.02. The maximum atomic E-state index is 13.6. The molecular formula is C16H22FNO4. The second-order valence-corrected chi connectivity index (χ2v) is 5.18. The number of carbonyl (C=O) groups is 2. The smallest absolute Gasteiger partial charge is 0.318 e. The van der Waals surface area contributed by atoms with E-state index in [9.17, 15) is 14.0 Å². The minimum Gasteiger partial charge on any atom is -0.493 e. The number of nitrogens with zero attached hydrogens (tertiary/aromatic N) is 1. The van der Waals surface area contributed by atoms with Crippen molar-refractivity contribution in [1.82, 2.24) is 4.90 Å². The van der Waals surface area contributed by atoms with Crippen LogP contribution in [0, 0.1) is 18.7 Å². The van der Waals surface area contributed by atoms with Crippen molar-refractivity contribution in [3.63, 3.8) is 0 Å². The van der Waals surface area contributed by atoms with Crippen LogP contribution in [-0.2, 0) is 9.53 Å². The first-order chi connectivity index (χ1) is 10.3. The topological polar surface area (TPSA) is 55.8 Å². The van der Waals surface area contributed by atoms with Gasteiger partial charge in [0.2, 0.25) is 0 Å². The van der Waals surface area contributed by atoms with Gasteiger partial charge in [0.15, 0.2) is 17.3 Å². The third kappa shape index (κ3) is 4.04. The summed E-state index contributed by atoms with van der Waals surface area (Å²) >= 11 is 0. The van der Waals surface area contributed by atoms with Crippen molar-refractivity contribution in [3.8, 4) is 5.75 Å². The number of benzene rings is 1. The van der Waals surface area contributed by atoms with Crippen molar-refractivity contribution in [2.75, 3.05) is 34.4 Å². The van der Waals surface area contributed by atoms with Crippen LogP contribution in [0.25, 0.3) is 0 Å². The average molecular weight is 311 g/mol. The Morgan fingerprint density at radius 3 is 2.45 bits per heavy atom. The van der Waals surface area contributed by atoms with Crippen LogP contribution >= 0.6 is 0 Å². The highest BCUT2D eigenvalue weighted by Gasteiger charge is 2.31. The molecule has 1 aromatic carbocycles. The van der Waals surface area contributed by atoms with Crippen molar-refractivity contribution in [1.29, 1.82) is 0 Å². The van der Waals surface area contributed by atoms with Crippen LogP contribution in [0.2, 0.25) is 0 Å². The Bertz CT molecular complexity index is 557. The molecular weight excluding hydrogens is 289 g/mol. The minimum atomic E-state index is -0.955. The number of hydrogen-bond acceptors (Lipinski definition) is 5. The number of rotatable bonds is 7. The standard InChI is InChI=1S/C16H22FNO4/c1-6-22-16(20)12(9-18(3)4)14(19)11-7-8-13(17)15(21-5)10(11)2/h7-8,12H,6,9H2,1-5H3. The van der Waals surface area contributed by atoms with E-state index in [0.717, 1.165) is 6.07 Å². The summed E-state index contributed by atoms with van der Waals surface area (Å²) in [6.07, 6.45) is 0. The summed E-state index contributed by atoms with van der Waals surface area (Å²) in [5.74, 6) is -2.47. The molecule has 0 N–H and O–H groups in total. The van der Waals surface area contributed by atoms with Crippen LogP contribution in [0.15, 0.2) is 12.1 Å². The maximum absolute atomic E-state index is 13.6. The largest absolute Gasteiger partial charge is 0.493 e. The van der Waals surface area contributed by atoms with Crippen LogP contribution in [-0.4, -0.2) is 51.0 Å². The summed E-state index contributed by atoms with van der Waals surface area (Å²) in [7, 11) is 4.86. The number of esters is 1. The van der Waals surface area contributed by atoms with E-state index in [0.29, 0.717) is 5.56 Å². The van der Waals surface area contributed by atoms with Gasteiger partial charge in [-0.15, -0.1) is 0 Å². The zero-order chi connectivity index (χ0) is 16.9. The molecule has 122 valence electrons. The molecule has 1 rings (SSSR count). The van der Waals surface area contributed by atoms with E-state index in [2.05, 4.69) is 0 Å². The minimum absolute atomic E-state index is 0.0123. The molecule has 0 aliphatic rings. The van der Waals surface area contributed by atoms with Crippen molar-refractivity contribution >= 4 is 11.8 Å².